The first-order chi connectivity index (χ1) is 12.0. The summed E-state index contributed by atoms with van der Waals surface area (Å²) in [5, 5.41) is 5.15. The Morgan fingerprint density at radius 3 is 2.68 bits per heavy atom. The maximum absolute atomic E-state index is 12.0. The van der Waals surface area contributed by atoms with Gasteiger partial charge in [0.25, 0.3) is 0 Å². The second kappa shape index (κ2) is 6.19. The number of imidazole rings is 1. The molecule has 2 unspecified atom stereocenters. The average Bonchev–Trinajstić information content (AvgIpc) is 3.09. The van der Waals surface area contributed by atoms with Crippen LogP contribution in [0, 0.1) is 13.8 Å². The first-order valence-electron chi connectivity index (χ1n) is 8.32. The van der Waals surface area contributed by atoms with E-state index in [1.807, 2.05) is 48.7 Å². The predicted molar refractivity (Wildman–Crippen MR) is 97.7 cm³/mol. The van der Waals surface area contributed by atoms with Crippen LogP contribution in [-0.2, 0) is 9.53 Å². The second-order valence-electron chi connectivity index (χ2n) is 6.43. The number of aromatic nitrogens is 3. The molecule has 4 rings (SSSR count). The van der Waals surface area contributed by atoms with Gasteiger partial charge in [-0.1, -0.05) is 42.1 Å². The monoisotopic (exact) mass is 353 g/mol. The number of fused-ring (bicyclic) bond motifs is 1. The van der Waals surface area contributed by atoms with Crippen molar-refractivity contribution < 1.29 is 9.53 Å². The number of nitrogens with zero attached hydrogens (tertiary/aromatic N) is 3. The number of rotatable bonds is 3. The van der Waals surface area contributed by atoms with Gasteiger partial charge in [0.2, 0.25) is 0 Å². The van der Waals surface area contributed by atoms with Crippen molar-refractivity contribution in [2.24, 2.45) is 0 Å². The largest absolute Gasteiger partial charge is 0.462 e. The van der Waals surface area contributed by atoms with Gasteiger partial charge in [0.15, 0.2) is 5.16 Å². The van der Waals surface area contributed by atoms with Crippen molar-refractivity contribution in [2.75, 3.05) is 0 Å². The zero-order chi connectivity index (χ0) is 17.6. The fourth-order valence-corrected chi connectivity index (χ4v) is 4.37. The van der Waals surface area contributed by atoms with E-state index in [1.54, 1.807) is 0 Å². The van der Waals surface area contributed by atoms with Gasteiger partial charge in [0, 0.05) is 12.0 Å². The van der Waals surface area contributed by atoms with Gasteiger partial charge < -0.3 is 4.74 Å². The maximum Gasteiger partial charge on any atom is 0.319 e. The molecule has 0 bridgehead atoms. The number of benzene rings is 1. The van der Waals surface area contributed by atoms with Crippen LogP contribution in [0.2, 0.25) is 0 Å². The summed E-state index contributed by atoms with van der Waals surface area (Å²) >= 11 is 1.44. The van der Waals surface area contributed by atoms with Crippen LogP contribution in [0.4, 0.5) is 0 Å². The van der Waals surface area contributed by atoms with E-state index >= 15 is 0 Å². The molecule has 1 fully saturated rings. The molecule has 0 saturated carbocycles. The molecule has 5 nitrogen and oxygen atoms in total. The lowest BCUT2D eigenvalue weighted by Crippen LogP contribution is -2.10. The minimum absolute atomic E-state index is 0.0405. The van der Waals surface area contributed by atoms with Crippen molar-refractivity contribution >= 4 is 23.2 Å². The van der Waals surface area contributed by atoms with E-state index < -0.39 is 0 Å². The van der Waals surface area contributed by atoms with Crippen LogP contribution in [0.5, 0.6) is 0 Å². The summed E-state index contributed by atoms with van der Waals surface area (Å²) in [6, 6.07) is 12.1. The van der Waals surface area contributed by atoms with E-state index in [1.165, 1.54) is 11.8 Å². The van der Waals surface area contributed by atoms with E-state index in [9.17, 15) is 4.79 Å². The van der Waals surface area contributed by atoms with Crippen LogP contribution in [0.25, 0.3) is 16.8 Å². The summed E-state index contributed by atoms with van der Waals surface area (Å²) in [6.45, 7) is 5.96. The molecule has 0 radical (unpaired) electrons. The molecule has 1 saturated heterocycles. The third kappa shape index (κ3) is 2.91. The third-order valence-corrected chi connectivity index (χ3v) is 5.45. The molecular formula is C19H19N3O2S. The fraction of sp³-hybridized carbons (Fsp3) is 0.316. The van der Waals surface area contributed by atoms with Gasteiger partial charge in [-0.15, -0.1) is 0 Å². The van der Waals surface area contributed by atoms with Gasteiger partial charge in [-0.25, -0.2) is 9.50 Å². The summed E-state index contributed by atoms with van der Waals surface area (Å²) in [7, 11) is 0. The van der Waals surface area contributed by atoms with Crippen molar-refractivity contribution in [3.8, 4) is 11.3 Å². The Balaban J connectivity index is 1.86. The molecule has 1 aliphatic heterocycles. The number of thioether (sulfide) groups is 1. The molecule has 6 heteroatoms. The van der Waals surface area contributed by atoms with Gasteiger partial charge in [-0.2, -0.15) is 5.10 Å². The van der Waals surface area contributed by atoms with E-state index in [-0.39, 0.29) is 17.3 Å². The van der Waals surface area contributed by atoms with Crippen LogP contribution in [0.1, 0.15) is 24.6 Å². The molecule has 0 aliphatic carbocycles. The smallest absolute Gasteiger partial charge is 0.319 e. The van der Waals surface area contributed by atoms with Gasteiger partial charge in [-0.05, 0) is 32.4 Å². The highest BCUT2D eigenvalue weighted by Gasteiger charge is 2.34. The molecule has 1 aliphatic rings. The number of aryl methyl sites for hydroxylation is 2. The van der Waals surface area contributed by atoms with Gasteiger partial charge in [0.1, 0.15) is 11.4 Å². The summed E-state index contributed by atoms with van der Waals surface area (Å²) in [6.07, 6.45) is 0.658. The second-order valence-corrected chi connectivity index (χ2v) is 7.60. The Kier molecular flexibility index (Phi) is 4.00. The molecule has 3 aromatic rings. The van der Waals surface area contributed by atoms with E-state index in [4.69, 9.17) is 9.72 Å². The number of hydrogen-bond donors (Lipinski definition) is 0. The van der Waals surface area contributed by atoms with Gasteiger partial charge in [-0.3, -0.25) is 4.79 Å². The minimum atomic E-state index is -0.230. The molecule has 2 aromatic heterocycles. The highest BCUT2D eigenvalue weighted by Crippen LogP contribution is 2.35. The quantitative estimate of drug-likeness (QED) is 0.670. The Hall–Kier alpha value is -2.34. The van der Waals surface area contributed by atoms with Crippen LogP contribution in [0.3, 0.4) is 0 Å². The fourth-order valence-electron chi connectivity index (χ4n) is 3.22. The lowest BCUT2D eigenvalue weighted by Gasteiger charge is -2.06. The van der Waals surface area contributed by atoms with Crippen LogP contribution in [-0.4, -0.2) is 31.9 Å². The molecule has 2 atom stereocenters. The lowest BCUT2D eigenvalue weighted by molar-refractivity contribution is -0.140. The highest BCUT2D eigenvalue weighted by molar-refractivity contribution is 8.00. The summed E-state index contributed by atoms with van der Waals surface area (Å²) in [5.74, 6) is -0.167. The molecule has 128 valence electrons. The van der Waals surface area contributed by atoms with E-state index in [0.29, 0.717) is 6.42 Å². The van der Waals surface area contributed by atoms with Crippen molar-refractivity contribution in [2.45, 2.75) is 43.7 Å². The Labute approximate surface area is 150 Å². The molecule has 0 amide bonds. The Bertz CT molecular complexity index is 952. The van der Waals surface area contributed by atoms with Crippen molar-refractivity contribution in [3.05, 3.63) is 47.7 Å². The topological polar surface area (TPSA) is 56.5 Å². The molecular weight excluding hydrogens is 334 g/mol. The Morgan fingerprint density at radius 2 is 2.00 bits per heavy atom. The molecule has 25 heavy (non-hydrogen) atoms. The van der Waals surface area contributed by atoms with Crippen LogP contribution < -0.4 is 0 Å². The average molecular weight is 353 g/mol. The molecule has 1 aromatic carbocycles. The predicted octanol–water partition coefficient (Wildman–Crippen LogP) is 3.81. The minimum Gasteiger partial charge on any atom is -0.462 e. The van der Waals surface area contributed by atoms with Crippen LogP contribution in [0.15, 0.2) is 41.6 Å². The normalized spacial score (nSPS) is 20.2. The van der Waals surface area contributed by atoms with E-state index in [2.05, 4.69) is 18.1 Å². The molecule has 0 N–H and O–H groups in total. The number of carbonyl (C=O) groups is 1. The number of cyclic esters (lactones) is 1. The van der Waals surface area contributed by atoms with E-state index in [0.717, 1.165) is 33.2 Å². The highest BCUT2D eigenvalue weighted by atomic mass is 32.2. The number of ether oxygens (including phenoxy) is 1. The summed E-state index contributed by atoms with van der Waals surface area (Å²) < 4.78 is 7.15. The lowest BCUT2D eigenvalue weighted by atomic mass is 10.1. The number of esters is 1. The summed E-state index contributed by atoms with van der Waals surface area (Å²) in [5.41, 5.74) is 4.97. The third-order valence-electron chi connectivity index (χ3n) is 4.30. The molecule has 3 heterocycles. The first-order valence-corrected chi connectivity index (χ1v) is 9.20. The Morgan fingerprint density at radius 1 is 1.24 bits per heavy atom. The molecule has 0 spiro atoms. The zero-order valence-electron chi connectivity index (χ0n) is 14.4. The standard InChI is InChI=1S/C19H19N3O2S/c1-11-9-12(2)21-22-17(11)16(14-7-5-4-6-8-14)20-19(22)25-15-10-13(3)24-18(15)23/h4-9,13,15H,10H2,1-3H3. The SMILES string of the molecule is Cc1cc(C)c2c(-c3ccccc3)nc(SC3CC(C)OC3=O)n2n1. The number of carbonyl (C=O) groups excluding carboxylic acids is 1. The van der Waals surface area contributed by atoms with Gasteiger partial charge >= 0.3 is 5.97 Å². The number of hydrogen-bond acceptors (Lipinski definition) is 5. The first kappa shape index (κ1) is 16.1. The summed E-state index contributed by atoms with van der Waals surface area (Å²) in [4.78, 5) is 16.9. The maximum atomic E-state index is 12.0. The van der Waals surface area contributed by atoms with Crippen molar-refractivity contribution in [3.63, 3.8) is 0 Å². The van der Waals surface area contributed by atoms with Crippen LogP contribution >= 0.6 is 11.8 Å². The van der Waals surface area contributed by atoms with Crippen molar-refractivity contribution in [1.29, 1.82) is 0 Å². The zero-order valence-corrected chi connectivity index (χ0v) is 15.2. The van der Waals surface area contributed by atoms with Crippen molar-refractivity contribution in [1.82, 2.24) is 14.6 Å². The van der Waals surface area contributed by atoms with Gasteiger partial charge in [0.05, 0.1) is 16.9 Å².